The van der Waals surface area contributed by atoms with Crippen LogP contribution in [-0.4, -0.2) is 8.32 Å². The molecule has 0 aliphatic heterocycles. The zero-order chi connectivity index (χ0) is 11.3. The van der Waals surface area contributed by atoms with Gasteiger partial charge in [-0.25, -0.2) is 0 Å². The lowest BCUT2D eigenvalue weighted by Crippen LogP contribution is -2.31. The van der Waals surface area contributed by atoms with Gasteiger partial charge >= 0.3 is 0 Å². The Labute approximate surface area is 100 Å². The number of rotatable bonds is 2. The van der Waals surface area contributed by atoms with E-state index in [1.54, 1.807) is 0 Å². The van der Waals surface area contributed by atoms with Crippen LogP contribution < -0.4 is 0 Å². The van der Waals surface area contributed by atoms with Gasteiger partial charge in [0.05, 0.1) is 5.76 Å². The average Bonchev–Trinajstić information content (AvgIpc) is 2.28. The summed E-state index contributed by atoms with van der Waals surface area (Å²) in [5, 5.41) is 0. The zero-order valence-corrected chi connectivity index (χ0v) is 11.8. The van der Waals surface area contributed by atoms with Crippen LogP contribution in [0.15, 0.2) is 11.8 Å². The minimum absolute atomic E-state index is 0.781. The minimum atomic E-state index is -1.40. The maximum absolute atomic E-state index is 6.34. The topological polar surface area (TPSA) is 9.23 Å². The van der Waals surface area contributed by atoms with Crippen LogP contribution >= 0.6 is 0 Å². The fourth-order valence-corrected chi connectivity index (χ4v) is 5.05. The molecule has 2 fully saturated rings. The lowest BCUT2D eigenvalue weighted by molar-refractivity contribution is 0.128. The van der Waals surface area contributed by atoms with Crippen LogP contribution in [0.1, 0.15) is 32.1 Å². The first-order valence-electron chi connectivity index (χ1n) is 6.90. The van der Waals surface area contributed by atoms with Gasteiger partial charge in [-0.2, -0.15) is 0 Å². The monoisotopic (exact) mass is 236 g/mol. The van der Waals surface area contributed by atoms with Gasteiger partial charge in [0.25, 0.3) is 0 Å². The summed E-state index contributed by atoms with van der Waals surface area (Å²) in [7, 11) is -1.40. The van der Waals surface area contributed by atoms with E-state index in [4.69, 9.17) is 4.43 Å². The molecule has 2 atom stereocenters. The van der Waals surface area contributed by atoms with Gasteiger partial charge in [-0.3, -0.25) is 0 Å². The summed E-state index contributed by atoms with van der Waals surface area (Å²) < 4.78 is 6.34. The third-order valence-electron chi connectivity index (χ3n) is 4.40. The van der Waals surface area contributed by atoms with Gasteiger partial charge in [0, 0.05) is 5.92 Å². The van der Waals surface area contributed by atoms with Crippen molar-refractivity contribution in [3.8, 4) is 0 Å². The second kappa shape index (κ2) is 3.62. The largest absolute Gasteiger partial charge is 0.547 e. The molecule has 0 N–H and O–H groups in total. The fourth-order valence-electron chi connectivity index (χ4n) is 4.11. The van der Waals surface area contributed by atoms with Crippen LogP contribution in [-0.2, 0) is 4.43 Å². The van der Waals surface area contributed by atoms with Gasteiger partial charge in [0.15, 0.2) is 0 Å². The van der Waals surface area contributed by atoms with E-state index in [9.17, 15) is 0 Å². The molecule has 2 heteroatoms. The lowest BCUT2D eigenvalue weighted by Gasteiger charge is -2.39. The van der Waals surface area contributed by atoms with Crippen molar-refractivity contribution in [2.45, 2.75) is 51.7 Å². The molecule has 2 unspecified atom stereocenters. The van der Waals surface area contributed by atoms with Crippen LogP contribution in [0.5, 0.6) is 0 Å². The Bertz CT molecular complexity index is 301. The third-order valence-corrected chi connectivity index (χ3v) is 5.25. The van der Waals surface area contributed by atoms with Crippen LogP contribution in [0, 0.1) is 23.7 Å². The second-order valence-corrected chi connectivity index (χ2v) is 11.6. The standard InChI is InChI=1S/C14H24OSi/c1-16(2,3)15-14-9-12-5-10-4-11(6-12)8-13(14)7-10/h9-13H,4-8H2,1-3H3. The molecule has 4 aliphatic carbocycles. The molecule has 0 heterocycles. The molecule has 4 aliphatic rings. The van der Waals surface area contributed by atoms with E-state index < -0.39 is 8.32 Å². The molecule has 0 aromatic carbocycles. The van der Waals surface area contributed by atoms with E-state index >= 15 is 0 Å². The highest BCUT2D eigenvalue weighted by Gasteiger charge is 2.41. The molecule has 0 spiro atoms. The first-order chi connectivity index (χ1) is 7.49. The van der Waals surface area contributed by atoms with E-state index in [2.05, 4.69) is 25.7 Å². The van der Waals surface area contributed by atoms with Gasteiger partial charge in [0.1, 0.15) is 0 Å². The highest BCUT2D eigenvalue weighted by Crippen LogP contribution is 2.51. The summed E-state index contributed by atoms with van der Waals surface area (Å²) in [5.41, 5.74) is 0. The van der Waals surface area contributed by atoms with E-state index in [1.807, 2.05) is 0 Å². The fraction of sp³-hybridized carbons (Fsp3) is 0.857. The lowest BCUT2D eigenvalue weighted by atomic mass is 9.67. The molecule has 0 aromatic rings. The second-order valence-electron chi connectivity index (χ2n) is 7.15. The molecule has 4 rings (SSSR count). The van der Waals surface area contributed by atoms with Gasteiger partial charge < -0.3 is 4.43 Å². The summed E-state index contributed by atoms with van der Waals surface area (Å²) in [5.74, 6) is 5.06. The van der Waals surface area contributed by atoms with Gasteiger partial charge in [-0.15, -0.1) is 0 Å². The molecule has 0 saturated heterocycles. The van der Waals surface area contributed by atoms with E-state index in [0.717, 1.165) is 23.7 Å². The molecule has 0 aromatic heterocycles. The molecular weight excluding hydrogens is 212 g/mol. The number of hydrogen-bond acceptors (Lipinski definition) is 1. The molecule has 0 amide bonds. The number of hydrogen-bond donors (Lipinski definition) is 0. The van der Waals surface area contributed by atoms with Crippen molar-refractivity contribution in [2.75, 3.05) is 0 Å². The van der Waals surface area contributed by atoms with Crippen molar-refractivity contribution in [3.63, 3.8) is 0 Å². The van der Waals surface area contributed by atoms with Crippen LogP contribution in [0.4, 0.5) is 0 Å². The smallest absolute Gasteiger partial charge is 0.241 e. The summed E-state index contributed by atoms with van der Waals surface area (Å²) in [4.78, 5) is 0. The normalized spacial score (nSPS) is 41.8. The van der Waals surface area contributed by atoms with Crippen molar-refractivity contribution in [1.29, 1.82) is 0 Å². The van der Waals surface area contributed by atoms with Gasteiger partial charge in [-0.05, 0) is 75.6 Å². The van der Waals surface area contributed by atoms with E-state index in [1.165, 1.54) is 37.9 Å². The maximum atomic E-state index is 6.34. The first-order valence-corrected chi connectivity index (χ1v) is 10.3. The Hall–Kier alpha value is -0.243. The summed E-state index contributed by atoms with van der Waals surface area (Å²) in [6.45, 7) is 6.93. The molecule has 0 radical (unpaired) electrons. The third kappa shape index (κ3) is 2.09. The SMILES string of the molecule is C[Si](C)(C)OC1=CC2CC3CC(C2)CC1C3. The molecule has 16 heavy (non-hydrogen) atoms. The quantitative estimate of drug-likeness (QED) is 0.654. The Balaban J connectivity index is 1.83. The van der Waals surface area contributed by atoms with Crippen LogP contribution in [0.25, 0.3) is 0 Å². The predicted octanol–water partition coefficient (Wildman–Crippen LogP) is 4.18. The van der Waals surface area contributed by atoms with E-state index in [0.29, 0.717) is 0 Å². The molecule has 90 valence electrons. The van der Waals surface area contributed by atoms with Crippen molar-refractivity contribution in [1.82, 2.24) is 0 Å². The van der Waals surface area contributed by atoms with Crippen molar-refractivity contribution in [2.24, 2.45) is 23.7 Å². The summed E-state index contributed by atoms with van der Waals surface area (Å²) in [6.07, 6.45) is 9.77. The average molecular weight is 236 g/mol. The number of allylic oxidation sites excluding steroid dienone is 2. The summed E-state index contributed by atoms with van der Waals surface area (Å²) >= 11 is 0. The molecular formula is C14H24OSi. The van der Waals surface area contributed by atoms with Crippen molar-refractivity contribution < 1.29 is 4.43 Å². The van der Waals surface area contributed by atoms with Crippen LogP contribution in [0.2, 0.25) is 19.6 Å². The Kier molecular flexibility index (Phi) is 2.47. The predicted molar refractivity (Wildman–Crippen MR) is 69.6 cm³/mol. The minimum Gasteiger partial charge on any atom is -0.547 e. The maximum Gasteiger partial charge on any atom is 0.241 e. The van der Waals surface area contributed by atoms with Gasteiger partial charge in [0.2, 0.25) is 8.32 Å². The Morgan fingerprint density at radius 3 is 2.19 bits per heavy atom. The first kappa shape index (κ1) is 10.9. The Morgan fingerprint density at radius 2 is 1.62 bits per heavy atom. The van der Waals surface area contributed by atoms with E-state index in [-0.39, 0.29) is 0 Å². The zero-order valence-electron chi connectivity index (χ0n) is 10.8. The molecule has 4 bridgehead atoms. The van der Waals surface area contributed by atoms with Crippen LogP contribution in [0.3, 0.4) is 0 Å². The molecule has 2 saturated carbocycles. The van der Waals surface area contributed by atoms with Crippen molar-refractivity contribution >= 4 is 8.32 Å². The van der Waals surface area contributed by atoms with Gasteiger partial charge in [-0.1, -0.05) is 0 Å². The summed E-state index contributed by atoms with van der Waals surface area (Å²) in [6, 6.07) is 0. The van der Waals surface area contributed by atoms with Crippen molar-refractivity contribution in [3.05, 3.63) is 11.8 Å². The highest BCUT2D eigenvalue weighted by atomic mass is 28.4. The molecule has 1 nitrogen and oxygen atoms in total. The Morgan fingerprint density at radius 1 is 1.00 bits per heavy atom. The highest BCUT2D eigenvalue weighted by molar-refractivity contribution is 6.70.